The van der Waals surface area contributed by atoms with Crippen molar-refractivity contribution in [2.75, 3.05) is 0 Å². The van der Waals surface area contributed by atoms with Gasteiger partial charge in [0.2, 0.25) is 0 Å². The van der Waals surface area contributed by atoms with Gasteiger partial charge in [-0.1, -0.05) is 0 Å². The number of hydrogen-bond donors (Lipinski definition) is 2. The standard InChI is InChI=1S/C14H23N5S/c1-9-8-20-14(16-9)7-12(17-15)5-6-13-10(2)18-19(4)11(13)3/h8,12,17H,5-7,15H2,1-4H3. The highest BCUT2D eigenvalue weighted by molar-refractivity contribution is 7.09. The van der Waals surface area contributed by atoms with Gasteiger partial charge in [0.25, 0.3) is 0 Å². The molecule has 0 saturated heterocycles. The Morgan fingerprint density at radius 3 is 2.65 bits per heavy atom. The molecule has 2 rings (SSSR count). The molecule has 0 aliphatic rings. The van der Waals surface area contributed by atoms with Crippen molar-refractivity contribution in [1.82, 2.24) is 20.2 Å². The van der Waals surface area contributed by atoms with Gasteiger partial charge in [-0.15, -0.1) is 11.3 Å². The van der Waals surface area contributed by atoms with Gasteiger partial charge in [-0.3, -0.25) is 16.0 Å². The van der Waals surface area contributed by atoms with Crippen LogP contribution in [0.5, 0.6) is 0 Å². The third-order valence-electron chi connectivity index (χ3n) is 3.72. The van der Waals surface area contributed by atoms with E-state index in [4.69, 9.17) is 5.84 Å². The van der Waals surface area contributed by atoms with Crippen LogP contribution in [0, 0.1) is 20.8 Å². The number of thiazole rings is 1. The Morgan fingerprint density at radius 2 is 2.15 bits per heavy atom. The number of hydrazine groups is 1. The Labute approximate surface area is 124 Å². The van der Waals surface area contributed by atoms with E-state index < -0.39 is 0 Å². The summed E-state index contributed by atoms with van der Waals surface area (Å²) in [5, 5.41) is 7.68. The minimum Gasteiger partial charge on any atom is -0.272 e. The minimum absolute atomic E-state index is 0.250. The van der Waals surface area contributed by atoms with Gasteiger partial charge in [0.15, 0.2) is 0 Å². The molecule has 1 unspecified atom stereocenters. The molecule has 0 fully saturated rings. The zero-order valence-electron chi connectivity index (χ0n) is 12.6. The molecule has 110 valence electrons. The van der Waals surface area contributed by atoms with Gasteiger partial charge in [0.05, 0.1) is 10.7 Å². The fraction of sp³-hybridized carbons (Fsp3) is 0.571. The van der Waals surface area contributed by atoms with E-state index in [1.165, 1.54) is 11.3 Å². The second-order valence-electron chi connectivity index (χ2n) is 5.26. The summed E-state index contributed by atoms with van der Waals surface area (Å²) in [6, 6.07) is 0.250. The van der Waals surface area contributed by atoms with Crippen LogP contribution in [0.3, 0.4) is 0 Å². The summed E-state index contributed by atoms with van der Waals surface area (Å²) in [5.41, 5.74) is 7.69. The molecule has 0 aliphatic heterocycles. The average molecular weight is 293 g/mol. The molecule has 0 spiro atoms. The molecule has 0 radical (unpaired) electrons. The maximum absolute atomic E-state index is 5.68. The van der Waals surface area contributed by atoms with Crippen molar-refractivity contribution < 1.29 is 0 Å². The quantitative estimate of drug-likeness (QED) is 0.629. The summed E-state index contributed by atoms with van der Waals surface area (Å²) in [4.78, 5) is 4.50. The van der Waals surface area contributed by atoms with Crippen molar-refractivity contribution in [3.8, 4) is 0 Å². The van der Waals surface area contributed by atoms with Crippen molar-refractivity contribution in [2.24, 2.45) is 12.9 Å². The Morgan fingerprint density at radius 1 is 1.40 bits per heavy atom. The summed E-state index contributed by atoms with van der Waals surface area (Å²) in [7, 11) is 1.99. The van der Waals surface area contributed by atoms with Crippen LogP contribution in [0.4, 0.5) is 0 Å². The molecule has 0 aromatic carbocycles. The highest BCUT2D eigenvalue weighted by Crippen LogP contribution is 2.17. The van der Waals surface area contributed by atoms with Crippen molar-refractivity contribution in [3.05, 3.63) is 33.0 Å². The SMILES string of the molecule is Cc1csc(CC(CCc2c(C)nn(C)c2C)NN)n1. The van der Waals surface area contributed by atoms with E-state index in [1.54, 1.807) is 11.3 Å². The average Bonchev–Trinajstić information content (AvgIpc) is 2.91. The molecule has 0 saturated carbocycles. The smallest absolute Gasteiger partial charge is 0.0944 e. The monoisotopic (exact) mass is 293 g/mol. The fourth-order valence-electron chi connectivity index (χ4n) is 2.45. The largest absolute Gasteiger partial charge is 0.272 e. The zero-order valence-corrected chi connectivity index (χ0v) is 13.4. The van der Waals surface area contributed by atoms with Crippen molar-refractivity contribution in [1.29, 1.82) is 0 Å². The van der Waals surface area contributed by atoms with Crippen LogP contribution >= 0.6 is 11.3 Å². The second kappa shape index (κ2) is 6.47. The highest BCUT2D eigenvalue weighted by atomic mass is 32.1. The fourth-order valence-corrected chi connectivity index (χ4v) is 3.30. The third-order valence-corrected chi connectivity index (χ3v) is 4.71. The van der Waals surface area contributed by atoms with E-state index in [9.17, 15) is 0 Å². The molecular formula is C14H23N5S. The first-order valence-electron chi connectivity index (χ1n) is 6.87. The first-order valence-corrected chi connectivity index (χ1v) is 7.75. The van der Waals surface area contributed by atoms with Gasteiger partial charge in [0, 0.05) is 36.3 Å². The molecule has 1 atom stereocenters. The van der Waals surface area contributed by atoms with E-state index >= 15 is 0 Å². The molecule has 2 aromatic heterocycles. The Kier molecular flexibility index (Phi) is 4.91. The molecule has 0 aliphatic carbocycles. The van der Waals surface area contributed by atoms with Gasteiger partial charge in [-0.05, 0) is 39.2 Å². The predicted octanol–water partition coefficient (Wildman–Crippen LogP) is 1.81. The molecular weight excluding hydrogens is 270 g/mol. The normalized spacial score (nSPS) is 12.8. The zero-order chi connectivity index (χ0) is 14.7. The number of nitrogens with one attached hydrogen (secondary N) is 1. The van der Waals surface area contributed by atoms with Gasteiger partial charge in [0.1, 0.15) is 0 Å². The highest BCUT2D eigenvalue weighted by Gasteiger charge is 2.14. The number of aryl methyl sites for hydroxylation is 3. The summed E-state index contributed by atoms with van der Waals surface area (Å²) < 4.78 is 1.94. The lowest BCUT2D eigenvalue weighted by molar-refractivity contribution is 0.489. The van der Waals surface area contributed by atoms with Crippen molar-refractivity contribution in [2.45, 2.75) is 46.1 Å². The maximum Gasteiger partial charge on any atom is 0.0944 e. The predicted molar refractivity (Wildman–Crippen MR) is 82.7 cm³/mol. The van der Waals surface area contributed by atoms with E-state index in [2.05, 4.69) is 34.7 Å². The molecule has 2 aromatic rings. The summed E-state index contributed by atoms with van der Waals surface area (Å²) in [5.74, 6) is 5.68. The number of nitrogens with zero attached hydrogens (tertiary/aromatic N) is 3. The van der Waals surface area contributed by atoms with Gasteiger partial charge >= 0.3 is 0 Å². The molecule has 20 heavy (non-hydrogen) atoms. The van der Waals surface area contributed by atoms with Crippen LogP contribution < -0.4 is 11.3 Å². The van der Waals surface area contributed by atoms with E-state index in [-0.39, 0.29) is 6.04 Å². The lowest BCUT2D eigenvalue weighted by Crippen LogP contribution is -2.37. The Balaban J connectivity index is 1.97. The molecule has 3 N–H and O–H groups in total. The third kappa shape index (κ3) is 3.45. The summed E-state index contributed by atoms with van der Waals surface area (Å²) in [6.07, 6.45) is 2.86. The lowest BCUT2D eigenvalue weighted by atomic mass is 10.0. The summed E-state index contributed by atoms with van der Waals surface area (Å²) >= 11 is 1.70. The van der Waals surface area contributed by atoms with Crippen LogP contribution in [0.25, 0.3) is 0 Å². The lowest BCUT2D eigenvalue weighted by Gasteiger charge is -2.14. The second-order valence-corrected chi connectivity index (χ2v) is 6.20. The first kappa shape index (κ1) is 15.2. The maximum atomic E-state index is 5.68. The minimum atomic E-state index is 0.250. The number of nitrogens with two attached hydrogens (primary N) is 1. The first-order chi connectivity index (χ1) is 9.51. The number of aromatic nitrogens is 3. The summed E-state index contributed by atoms with van der Waals surface area (Å²) in [6.45, 7) is 6.20. The van der Waals surface area contributed by atoms with Crippen LogP contribution in [-0.4, -0.2) is 20.8 Å². The van der Waals surface area contributed by atoms with Crippen LogP contribution in [0.15, 0.2) is 5.38 Å². The van der Waals surface area contributed by atoms with E-state index in [1.807, 2.05) is 18.7 Å². The van der Waals surface area contributed by atoms with E-state index in [0.717, 1.165) is 35.7 Å². The van der Waals surface area contributed by atoms with Gasteiger partial charge in [-0.2, -0.15) is 5.10 Å². The molecule has 0 bridgehead atoms. The topological polar surface area (TPSA) is 68.8 Å². The Bertz CT molecular complexity index is 572. The van der Waals surface area contributed by atoms with Crippen LogP contribution in [0.2, 0.25) is 0 Å². The number of hydrogen-bond acceptors (Lipinski definition) is 5. The number of rotatable bonds is 6. The van der Waals surface area contributed by atoms with Crippen molar-refractivity contribution in [3.63, 3.8) is 0 Å². The van der Waals surface area contributed by atoms with Crippen LogP contribution in [-0.2, 0) is 19.9 Å². The molecule has 0 amide bonds. The van der Waals surface area contributed by atoms with Crippen molar-refractivity contribution >= 4 is 11.3 Å². The molecule has 6 heteroatoms. The van der Waals surface area contributed by atoms with Crippen LogP contribution in [0.1, 0.15) is 34.1 Å². The van der Waals surface area contributed by atoms with E-state index in [0.29, 0.717) is 0 Å². The Hall–Kier alpha value is -1.24. The molecule has 5 nitrogen and oxygen atoms in total. The molecule has 2 heterocycles. The van der Waals surface area contributed by atoms with Gasteiger partial charge < -0.3 is 0 Å². The van der Waals surface area contributed by atoms with Gasteiger partial charge in [-0.25, -0.2) is 4.98 Å².